The average molecular weight is 655 g/mol. The van der Waals surface area contributed by atoms with Gasteiger partial charge in [-0.25, -0.2) is 8.42 Å². The number of sulfonamides is 1. The molecule has 0 spiro atoms. The fraction of sp³-hybridized carbons (Fsp3) is 0.286. The van der Waals surface area contributed by atoms with Crippen LogP contribution in [0.1, 0.15) is 32.3 Å². The fourth-order valence-electron chi connectivity index (χ4n) is 3.87. The summed E-state index contributed by atoms with van der Waals surface area (Å²) in [5.41, 5.74) is 0.827. The van der Waals surface area contributed by atoms with E-state index in [1.54, 1.807) is 31.2 Å². The van der Waals surface area contributed by atoms with Crippen LogP contribution in [0.5, 0.6) is 0 Å². The highest BCUT2D eigenvalue weighted by Gasteiger charge is 2.33. The van der Waals surface area contributed by atoms with Gasteiger partial charge in [0.25, 0.3) is 10.0 Å². The number of hydrogen-bond donors (Lipinski definition) is 1. The molecule has 0 aromatic heterocycles. The summed E-state index contributed by atoms with van der Waals surface area (Å²) in [6, 6.07) is 18.8. The molecule has 39 heavy (non-hydrogen) atoms. The van der Waals surface area contributed by atoms with Crippen molar-refractivity contribution < 1.29 is 18.0 Å². The zero-order valence-corrected chi connectivity index (χ0v) is 25.5. The number of rotatable bonds is 12. The Kier molecular flexibility index (Phi) is 11.2. The molecule has 0 radical (unpaired) electrons. The molecule has 3 rings (SSSR count). The van der Waals surface area contributed by atoms with Gasteiger partial charge in [0.15, 0.2) is 0 Å². The van der Waals surface area contributed by atoms with Crippen LogP contribution in [-0.2, 0) is 26.2 Å². The van der Waals surface area contributed by atoms with Gasteiger partial charge in [0, 0.05) is 17.6 Å². The fourth-order valence-corrected chi connectivity index (χ4v) is 6.21. The van der Waals surface area contributed by atoms with Gasteiger partial charge in [-0.15, -0.1) is 0 Å². The van der Waals surface area contributed by atoms with E-state index in [-0.39, 0.29) is 33.1 Å². The summed E-state index contributed by atoms with van der Waals surface area (Å²) in [4.78, 5) is 28.3. The maximum absolute atomic E-state index is 13.9. The monoisotopic (exact) mass is 653 g/mol. The third-order valence-corrected chi connectivity index (χ3v) is 9.12. The first-order chi connectivity index (χ1) is 18.6. The van der Waals surface area contributed by atoms with Crippen molar-refractivity contribution in [2.45, 2.75) is 44.2 Å². The molecule has 208 valence electrons. The topological polar surface area (TPSA) is 86.8 Å². The van der Waals surface area contributed by atoms with Gasteiger partial charge in [-0.1, -0.05) is 88.9 Å². The van der Waals surface area contributed by atoms with E-state index in [1.807, 2.05) is 31.2 Å². The number of amides is 2. The minimum Gasteiger partial charge on any atom is -0.354 e. The van der Waals surface area contributed by atoms with E-state index in [1.165, 1.54) is 29.2 Å². The Labute approximate surface area is 248 Å². The van der Waals surface area contributed by atoms with Crippen LogP contribution in [0.25, 0.3) is 0 Å². The lowest BCUT2D eigenvalue weighted by atomic mass is 10.1. The molecule has 0 saturated heterocycles. The summed E-state index contributed by atoms with van der Waals surface area (Å²) in [5, 5.41) is 3.00. The van der Waals surface area contributed by atoms with Gasteiger partial charge in [0.05, 0.1) is 20.6 Å². The second-order valence-electron chi connectivity index (χ2n) is 8.87. The minimum absolute atomic E-state index is 0.00429. The number of benzene rings is 3. The van der Waals surface area contributed by atoms with Crippen molar-refractivity contribution in [3.05, 3.63) is 92.9 Å². The van der Waals surface area contributed by atoms with Gasteiger partial charge < -0.3 is 10.2 Å². The first-order valence-corrected chi connectivity index (χ1v) is 15.4. The van der Waals surface area contributed by atoms with Gasteiger partial charge >= 0.3 is 0 Å². The number of carbonyl (C=O) groups is 2. The zero-order chi connectivity index (χ0) is 28.6. The van der Waals surface area contributed by atoms with Crippen molar-refractivity contribution in [3.8, 4) is 0 Å². The molecule has 0 aliphatic rings. The number of unbranched alkanes of at least 4 members (excludes halogenated alkanes) is 1. The lowest BCUT2D eigenvalue weighted by molar-refractivity contribution is -0.139. The van der Waals surface area contributed by atoms with E-state index in [0.717, 1.165) is 27.2 Å². The van der Waals surface area contributed by atoms with Crippen molar-refractivity contribution in [2.75, 3.05) is 17.4 Å². The van der Waals surface area contributed by atoms with E-state index in [2.05, 4.69) is 21.2 Å². The molecule has 11 heteroatoms. The number of hydrogen-bond acceptors (Lipinski definition) is 4. The SMILES string of the molecule is CCCCNC(=O)[C@H](C)N(Cc1cccc(Br)c1)C(=O)CN(c1cccc(Cl)c1Cl)S(=O)(=O)c1ccccc1. The van der Waals surface area contributed by atoms with Crippen LogP contribution in [-0.4, -0.2) is 44.3 Å². The lowest BCUT2D eigenvalue weighted by Gasteiger charge is -2.32. The van der Waals surface area contributed by atoms with Crippen molar-refractivity contribution in [1.82, 2.24) is 10.2 Å². The van der Waals surface area contributed by atoms with E-state index >= 15 is 0 Å². The molecule has 0 fully saturated rings. The molecule has 3 aromatic carbocycles. The number of nitrogens with zero attached hydrogens (tertiary/aromatic N) is 2. The van der Waals surface area contributed by atoms with Crippen molar-refractivity contribution in [1.29, 1.82) is 0 Å². The quantitative estimate of drug-likeness (QED) is 0.233. The molecule has 0 aliphatic carbocycles. The van der Waals surface area contributed by atoms with Crippen LogP contribution < -0.4 is 9.62 Å². The highest BCUT2D eigenvalue weighted by molar-refractivity contribution is 9.10. The van der Waals surface area contributed by atoms with Gasteiger partial charge in [0.2, 0.25) is 11.8 Å². The van der Waals surface area contributed by atoms with E-state index < -0.39 is 28.5 Å². The Morgan fingerprint density at radius 2 is 1.69 bits per heavy atom. The predicted molar refractivity (Wildman–Crippen MR) is 160 cm³/mol. The summed E-state index contributed by atoms with van der Waals surface area (Å²) in [6.07, 6.45) is 1.70. The second kappa shape index (κ2) is 14.2. The molecule has 2 amide bonds. The highest BCUT2D eigenvalue weighted by atomic mass is 79.9. The van der Waals surface area contributed by atoms with Gasteiger partial charge in [-0.2, -0.15) is 0 Å². The number of nitrogens with one attached hydrogen (secondary N) is 1. The highest BCUT2D eigenvalue weighted by Crippen LogP contribution is 2.35. The van der Waals surface area contributed by atoms with Crippen LogP contribution >= 0.6 is 39.1 Å². The minimum atomic E-state index is -4.23. The molecular formula is C28H30BrCl2N3O4S. The van der Waals surface area contributed by atoms with Crippen LogP contribution in [0.4, 0.5) is 5.69 Å². The van der Waals surface area contributed by atoms with Crippen molar-refractivity contribution >= 4 is 66.7 Å². The summed E-state index contributed by atoms with van der Waals surface area (Å²) < 4.78 is 29.4. The normalized spacial score (nSPS) is 12.0. The Hall–Kier alpha value is -2.59. The third-order valence-electron chi connectivity index (χ3n) is 6.05. The van der Waals surface area contributed by atoms with E-state index in [0.29, 0.717) is 6.54 Å². The Morgan fingerprint density at radius 1 is 1.00 bits per heavy atom. The van der Waals surface area contributed by atoms with Gasteiger partial charge in [-0.05, 0) is 55.3 Å². The molecule has 1 N–H and O–H groups in total. The molecule has 0 heterocycles. The molecule has 0 bridgehead atoms. The summed E-state index contributed by atoms with van der Waals surface area (Å²) in [5.74, 6) is -0.909. The standard InChI is InChI=1S/C28H30BrCl2N3O4S/c1-3-4-16-32-28(36)20(2)33(18-21-10-8-11-22(29)17-21)26(35)19-34(25-15-9-14-24(30)27(25)31)39(37,38)23-12-6-5-7-13-23/h5-15,17,20H,3-4,16,18-19H2,1-2H3,(H,32,36)/t20-/m0/s1. The van der Waals surface area contributed by atoms with Crippen LogP contribution in [0, 0.1) is 0 Å². The number of carbonyl (C=O) groups excluding carboxylic acids is 2. The molecule has 0 aliphatic heterocycles. The molecule has 7 nitrogen and oxygen atoms in total. The Bertz CT molecular complexity index is 1410. The summed E-state index contributed by atoms with van der Waals surface area (Å²) in [6.45, 7) is 3.60. The average Bonchev–Trinajstić information content (AvgIpc) is 2.92. The van der Waals surface area contributed by atoms with Crippen molar-refractivity contribution in [3.63, 3.8) is 0 Å². The van der Waals surface area contributed by atoms with Crippen LogP contribution in [0.2, 0.25) is 10.0 Å². The molecular weight excluding hydrogens is 625 g/mol. The first-order valence-electron chi connectivity index (χ1n) is 12.4. The number of halogens is 3. The lowest BCUT2D eigenvalue weighted by Crippen LogP contribution is -2.51. The number of anilines is 1. The third kappa shape index (κ3) is 7.97. The van der Waals surface area contributed by atoms with E-state index in [9.17, 15) is 18.0 Å². The smallest absolute Gasteiger partial charge is 0.264 e. The second-order valence-corrected chi connectivity index (χ2v) is 12.4. The largest absolute Gasteiger partial charge is 0.354 e. The van der Waals surface area contributed by atoms with E-state index in [4.69, 9.17) is 23.2 Å². The predicted octanol–water partition coefficient (Wildman–Crippen LogP) is 6.28. The summed E-state index contributed by atoms with van der Waals surface area (Å²) in [7, 11) is -4.23. The van der Waals surface area contributed by atoms with Crippen molar-refractivity contribution in [2.24, 2.45) is 0 Å². The Morgan fingerprint density at radius 3 is 2.36 bits per heavy atom. The Balaban J connectivity index is 2.03. The molecule has 1 atom stereocenters. The van der Waals surface area contributed by atoms with Crippen LogP contribution in [0.15, 0.2) is 82.2 Å². The zero-order valence-electron chi connectivity index (χ0n) is 21.6. The van der Waals surface area contributed by atoms with Crippen LogP contribution in [0.3, 0.4) is 0 Å². The summed E-state index contributed by atoms with van der Waals surface area (Å²) >= 11 is 16.1. The molecule has 0 unspecified atom stereocenters. The first kappa shape index (κ1) is 30.9. The van der Waals surface area contributed by atoms with Gasteiger partial charge in [0.1, 0.15) is 12.6 Å². The maximum atomic E-state index is 13.9. The maximum Gasteiger partial charge on any atom is 0.264 e. The van der Waals surface area contributed by atoms with Gasteiger partial charge in [-0.3, -0.25) is 13.9 Å². The molecule has 0 saturated carbocycles. The molecule has 3 aromatic rings.